The van der Waals surface area contributed by atoms with Crippen LogP contribution >= 0.6 is 0 Å². The minimum atomic E-state index is -0.253. The molecule has 3 heterocycles. The maximum atomic E-state index is 14.2. The lowest BCUT2D eigenvalue weighted by Gasteiger charge is -2.44. The molecule has 1 saturated heterocycles. The molecule has 1 aromatic heterocycles. The summed E-state index contributed by atoms with van der Waals surface area (Å²) in [6.07, 6.45) is 19.0. The third-order valence-electron chi connectivity index (χ3n) is 8.46. The molecule has 4 aliphatic rings. The molecular weight excluding hydrogens is 450 g/mol. The van der Waals surface area contributed by atoms with Gasteiger partial charge in [-0.15, -0.1) is 0 Å². The van der Waals surface area contributed by atoms with E-state index in [0.29, 0.717) is 23.6 Å². The van der Waals surface area contributed by atoms with Gasteiger partial charge in [-0.05, 0) is 37.3 Å². The van der Waals surface area contributed by atoms with Crippen molar-refractivity contribution < 1.29 is 9.59 Å². The van der Waals surface area contributed by atoms with Gasteiger partial charge in [0.15, 0.2) is 0 Å². The highest BCUT2D eigenvalue weighted by Crippen LogP contribution is 2.49. The summed E-state index contributed by atoms with van der Waals surface area (Å²) in [6, 6.07) is 8.64. The van der Waals surface area contributed by atoms with E-state index in [1.54, 1.807) is 6.20 Å². The first kappa shape index (κ1) is 23.0. The van der Waals surface area contributed by atoms with Crippen LogP contribution in [0.25, 0.3) is 0 Å². The Kier molecular flexibility index (Phi) is 6.30. The van der Waals surface area contributed by atoms with Crippen LogP contribution < -0.4 is 10.6 Å². The normalized spacial score (nSPS) is 30.7. The first-order valence-electron chi connectivity index (χ1n) is 13.3. The second-order valence-corrected chi connectivity index (χ2v) is 10.5. The Hall–Kier alpha value is -3.48. The Labute approximate surface area is 212 Å². The summed E-state index contributed by atoms with van der Waals surface area (Å²) in [7, 11) is 0. The number of para-hydroxylation sites is 1. The van der Waals surface area contributed by atoms with Gasteiger partial charge in [0, 0.05) is 48.5 Å². The van der Waals surface area contributed by atoms with Gasteiger partial charge in [-0.3, -0.25) is 14.6 Å². The summed E-state index contributed by atoms with van der Waals surface area (Å²) in [6.45, 7) is 0.758. The molecule has 6 rings (SSSR count). The number of nitrogens with zero attached hydrogens (tertiary/aromatic N) is 3. The number of likely N-dealkylation sites (tertiary alicyclic amines) is 1. The van der Waals surface area contributed by atoms with E-state index in [1.165, 1.54) is 18.0 Å². The lowest BCUT2D eigenvalue weighted by Crippen LogP contribution is -2.51. The molecule has 7 heteroatoms. The largest absolute Gasteiger partial charge is 0.381 e. The first-order chi connectivity index (χ1) is 17.7. The molecule has 2 aromatic rings. The van der Waals surface area contributed by atoms with Crippen LogP contribution in [0.3, 0.4) is 0 Å². The minimum absolute atomic E-state index is 0.0672. The van der Waals surface area contributed by atoms with Gasteiger partial charge in [-0.25, -0.2) is 4.98 Å². The zero-order valence-corrected chi connectivity index (χ0v) is 20.4. The molecule has 0 radical (unpaired) electrons. The van der Waals surface area contributed by atoms with Gasteiger partial charge in [-0.1, -0.05) is 55.3 Å². The lowest BCUT2D eigenvalue weighted by atomic mass is 9.75. The molecule has 1 unspecified atom stereocenters. The van der Waals surface area contributed by atoms with Crippen molar-refractivity contribution >= 4 is 17.5 Å². The molecular formula is C29H33N5O2. The fourth-order valence-electron chi connectivity index (χ4n) is 6.77. The molecule has 7 nitrogen and oxygen atoms in total. The van der Waals surface area contributed by atoms with Gasteiger partial charge >= 0.3 is 0 Å². The van der Waals surface area contributed by atoms with Crippen LogP contribution in [0.15, 0.2) is 67.2 Å². The molecule has 2 aliphatic carbocycles. The third kappa shape index (κ3) is 4.21. The molecule has 1 aromatic carbocycles. The molecule has 2 aliphatic heterocycles. The molecule has 0 spiro atoms. The number of fused-ring (bicyclic) bond motifs is 3. The summed E-state index contributed by atoms with van der Waals surface area (Å²) >= 11 is 0. The Morgan fingerprint density at radius 2 is 1.94 bits per heavy atom. The van der Waals surface area contributed by atoms with Crippen molar-refractivity contribution in [3.8, 4) is 0 Å². The van der Waals surface area contributed by atoms with Crippen molar-refractivity contribution in [1.82, 2.24) is 20.2 Å². The quantitative estimate of drug-likeness (QED) is 0.678. The highest BCUT2D eigenvalue weighted by Gasteiger charge is 2.49. The number of hydrogen-bond acceptors (Lipinski definition) is 5. The number of aromatic nitrogens is 2. The van der Waals surface area contributed by atoms with Crippen LogP contribution in [0.5, 0.6) is 0 Å². The second kappa shape index (κ2) is 9.88. The average Bonchev–Trinajstić information content (AvgIpc) is 3.39. The highest BCUT2D eigenvalue weighted by atomic mass is 16.2. The fraction of sp³-hybridized carbons (Fsp3) is 0.448. The van der Waals surface area contributed by atoms with Gasteiger partial charge in [0.25, 0.3) is 5.91 Å². The number of rotatable bonds is 4. The lowest BCUT2D eigenvalue weighted by molar-refractivity contribution is -0.139. The molecule has 6 atom stereocenters. The maximum absolute atomic E-state index is 14.2. The van der Waals surface area contributed by atoms with Crippen molar-refractivity contribution in [3.05, 3.63) is 78.4 Å². The van der Waals surface area contributed by atoms with Crippen molar-refractivity contribution in [1.29, 1.82) is 0 Å². The third-order valence-corrected chi connectivity index (χ3v) is 8.46. The second-order valence-electron chi connectivity index (χ2n) is 10.5. The molecule has 2 amide bonds. The van der Waals surface area contributed by atoms with Crippen LogP contribution in [-0.2, 0) is 4.79 Å². The molecule has 36 heavy (non-hydrogen) atoms. The molecule has 1 saturated carbocycles. The summed E-state index contributed by atoms with van der Waals surface area (Å²) in [5, 5.41) is 6.96. The molecule has 0 bridgehead atoms. The van der Waals surface area contributed by atoms with E-state index in [-0.39, 0.29) is 29.8 Å². The van der Waals surface area contributed by atoms with Gasteiger partial charge in [-0.2, -0.15) is 0 Å². The Bertz CT molecular complexity index is 1180. The molecule has 186 valence electrons. The number of nitrogens with one attached hydrogen (secondary N) is 2. The number of benzene rings is 1. The summed E-state index contributed by atoms with van der Waals surface area (Å²) in [4.78, 5) is 37.3. The van der Waals surface area contributed by atoms with Crippen LogP contribution in [0, 0.1) is 17.8 Å². The van der Waals surface area contributed by atoms with Crippen molar-refractivity contribution in [2.75, 3.05) is 11.9 Å². The summed E-state index contributed by atoms with van der Waals surface area (Å²) < 4.78 is 0. The van der Waals surface area contributed by atoms with Crippen molar-refractivity contribution in [2.45, 2.75) is 56.7 Å². The monoisotopic (exact) mass is 483 g/mol. The van der Waals surface area contributed by atoms with Crippen LogP contribution in [0.4, 0.5) is 5.69 Å². The van der Waals surface area contributed by atoms with Crippen LogP contribution in [0.1, 0.15) is 60.6 Å². The standard InChI is InChI=1S/C29H33N5O2/c35-28(25-18-30-15-16-31-25)33-24-13-7-5-11-21(24)29(36)34-17-14-22-26(19-8-2-1-3-9-19)32-23-12-6-4-10-20(23)27(22)34/h1-4,6,8,10,12,15-16,18-19,21-22,24,26-27,32H,5,7,9,11,13-14,17H2,(H,33,35)/t19?,21-,22+,24+,26-,27-/m0/s1. The zero-order valence-electron chi connectivity index (χ0n) is 20.4. The van der Waals surface area contributed by atoms with E-state index in [2.05, 4.69) is 74.1 Å². The molecule has 2 N–H and O–H groups in total. The van der Waals surface area contributed by atoms with E-state index in [9.17, 15) is 9.59 Å². The van der Waals surface area contributed by atoms with E-state index < -0.39 is 0 Å². The fourth-order valence-corrected chi connectivity index (χ4v) is 6.77. The number of carbonyl (C=O) groups is 2. The van der Waals surface area contributed by atoms with Crippen LogP contribution in [-0.4, -0.2) is 45.3 Å². The smallest absolute Gasteiger partial charge is 0.271 e. The Morgan fingerprint density at radius 3 is 2.78 bits per heavy atom. The van der Waals surface area contributed by atoms with Gasteiger partial charge < -0.3 is 15.5 Å². The van der Waals surface area contributed by atoms with Crippen molar-refractivity contribution in [3.63, 3.8) is 0 Å². The first-order valence-corrected chi connectivity index (χ1v) is 13.3. The van der Waals surface area contributed by atoms with Gasteiger partial charge in [0.2, 0.25) is 5.91 Å². The minimum Gasteiger partial charge on any atom is -0.381 e. The van der Waals surface area contributed by atoms with E-state index in [4.69, 9.17) is 0 Å². The highest BCUT2D eigenvalue weighted by molar-refractivity contribution is 5.92. The summed E-state index contributed by atoms with van der Waals surface area (Å²) in [5.74, 6) is 0.495. The average molecular weight is 484 g/mol. The maximum Gasteiger partial charge on any atom is 0.271 e. The number of hydrogen-bond donors (Lipinski definition) is 2. The van der Waals surface area contributed by atoms with E-state index in [1.807, 2.05) is 0 Å². The molecule has 2 fully saturated rings. The van der Waals surface area contributed by atoms with Crippen LogP contribution in [0.2, 0.25) is 0 Å². The topological polar surface area (TPSA) is 87.2 Å². The SMILES string of the molecule is O=C(N[C@@H]1CCCC[C@@H]1C(=O)N1CC[C@@H]2[C@H](C3C=CC=CC3)Nc3ccccc3[C@@H]21)c1cnccn1. The number of anilines is 1. The van der Waals surface area contributed by atoms with Gasteiger partial charge in [0.1, 0.15) is 5.69 Å². The number of allylic oxidation sites excluding steroid dienone is 3. The predicted molar refractivity (Wildman–Crippen MR) is 138 cm³/mol. The van der Waals surface area contributed by atoms with Gasteiger partial charge in [0.05, 0.1) is 18.2 Å². The summed E-state index contributed by atoms with van der Waals surface area (Å²) in [5.41, 5.74) is 2.65. The Balaban J connectivity index is 1.26. The number of carbonyl (C=O) groups excluding carboxylic acids is 2. The Morgan fingerprint density at radius 1 is 1.06 bits per heavy atom. The van der Waals surface area contributed by atoms with E-state index >= 15 is 0 Å². The predicted octanol–water partition coefficient (Wildman–Crippen LogP) is 4.28. The zero-order chi connectivity index (χ0) is 24.5. The number of amides is 2. The van der Waals surface area contributed by atoms with Crippen molar-refractivity contribution in [2.24, 2.45) is 17.8 Å². The van der Waals surface area contributed by atoms with E-state index in [0.717, 1.165) is 50.8 Å².